The fraction of sp³-hybridized carbons (Fsp3) is 0.292. The van der Waals surface area contributed by atoms with Crippen LogP contribution in [-0.2, 0) is 9.53 Å². The van der Waals surface area contributed by atoms with Gasteiger partial charge in [0.05, 0.1) is 42.0 Å². The average molecular weight is 514 g/mol. The smallest absolute Gasteiger partial charge is 0.337 e. The number of aliphatic hydroxyl groups excluding tert-OH is 1. The number of aliphatic hydroxyl groups is 1. The van der Waals surface area contributed by atoms with E-state index in [2.05, 4.69) is 21.2 Å². The van der Waals surface area contributed by atoms with Crippen LogP contribution < -0.4 is 25.5 Å². The molecule has 0 spiro atoms. The van der Waals surface area contributed by atoms with Crippen LogP contribution in [0, 0.1) is 10.1 Å². The number of hydrogen-bond acceptors (Lipinski definition) is 10. The third kappa shape index (κ3) is 6.73. The predicted molar refractivity (Wildman–Crippen MR) is 132 cm³/mol. The Balaban J connectivity index is 1.72. The second-order valence-corrected chi connectivity index (χ2v) is 7.73. The molecule has 196 valence electrons. The van der Waals surface area contributed by atoms with Crippen LogP contribution in [0.3, 0.4) is 0 Å². The van der Waals surface area contributed by atoms with Gasteiger partial charge in [0.1, 0.15) is 6.61 Å². The maximum absolute atomic E-state index is 12.3. The minimum Gasteiger partial charge on any atom is -0.490 e. The van der Waals surface area contributed by atoms with Gasteiger partial charge < -0.3 is 30.0 Å². The molecule has 0 saturated carbocycles. The topological polar surface area (TPSA) is 174 Å². The Morgan fingerprint density at radius 2 is 2.03 bits per heavy atom. The minimum absolute atomic E-state index is 0.120. The highest BCUT2D eigenvalue weighted by molar-refractivity contribution is 5.95. The van der Waals surface area contributed by atoms with E-state index in [1.165, 1.54) is 25.5 Å². The summed E-state index contributed by atoms with van der Waals surface area (Å²) in [6.07, 6.45) is -0.0165. The number of amides is 2. The number of carbonyl (C=O) groups is 2. The number of carbonyl (C=O) groups excluding carboxylic acids is 2. The highest BCUT2D eigenvalue weighted by Gasteiger charge is 2.32. The van der Waals surface area contributed by atoms with Gasteiger partial charge in [-0.3, -0.25) is 15.5 Å². The van der Waals surface area contributed by atoms with Crippen LogP contribution >= 0.6 is 0 Å². The molecule has 37 heavy (non-hydrogen) atoms. The highest BCUT2D eigenvalue weighted by Crippen LogP contribution is 2.34. The summed E-state index contributed by atoms with van der Waals surface area (Å²) in [4.78, 5) is 35.0. The lowest BCUT2D eigenvalue weighted by Gasteiger charge is -2.28. The first kappa shape index (κ1) is 26.9. The molecule has 0 aromatic heterocycles. The maximum atomic E-state index is 12.3. The van der Waals surface area contributed by atoms with E-state index in [1.54, 1.807) is 44.2 Å². The molecule has 13 nitrogen and oxygen atoms in total. The van der Waals surface area contributed by atoms with Crippen molar-refractivity contribution in [1.29, 1.82) is 0 Å². The van der Waals surface area contributed by atoms with E-state index >= 15 is 0 Å². The number of rotatable bonds is 11. The molecule has 0 fully saturated rings. The summed E-state index contributed by atoms with van der Waals surface area (Å²) < 4.78 is 16.2. The predicted octanol–water partition coefficient (Wildman–Crippen LogP) is 2.12. The van der Waals surface area contributed by atoms with Crippen LogP contribution in [0.2, 0.25) is 0 Å². The number of benzene rings is 2. The highest BCUT2D eigenvalue weighted by atomic mass is 16.6. The Kier molecular flexibility index (Phi) is 9.00. The van der Waals surface area contributed by atoms with Crippen LogP contribution in [0.15, 0.2) is 58.8 Å². The Hall–Kier alpha value is -4.65. The lowest BCUT2D eigenvalue weighted by atomic mass is 9.95. The molecule has 0 bridgehead atoms. The molecule has 4 N–H and O–H groups in total. The molecular formula is C24H27N5O8. The van der Waals surface area contributed by atoms with E-state index in [0.717, 1.165) is 0 Å². The number of hydrazone groups is 1. The van der Waals surface area contributed by atoms with Gasteiger partial charge in [0.25, 0.3) is 5.69 Å². The fourth-order valence-corrected chi connectivity index (χ4v) is 3.58. The van der Waals surface area contributed by atoms with Gasteiger partial charge in [-0.05, 0) is 37.6 Å². The molecule has 2 aromatic rings. The van der Waals surface area contributed by atoms with Crippen LogP contribution in [0.5, 0.6) is 11.5 Å². The number of urea groups is 1. The Labute approximate surface area is 212 Å². The van der Waals surface area contributed by atoms with Gasteiger partial charge in [0.15, 0.2) is 17.7 Å². The molecule has 0 radical (unpaired) electrons. The SMILES string of the molecule is CCOc1cc([C@H]2NC(=O)NC(C)=C2C(=O)OC)ccc1OC[C@H](O)N/N=C\c1ccccc1[N+](=O)[O-]. The van der Waals surface area contributed by atoms with Crippen molar-refractivity contribution in [3.05, 3.63) is 75.0 Å². The zero-order valence-electron chi connectivity index (χ0n) is 20.4. The molecule has 1 heterocycles. The number of ether oxygens (including phenoxy) is 3. The van der Waals surface area contributed by atoms with Gasteiger partial charge in [-0.25, -0.2) is 9.59 Å². The summed E-state index contributed by atoms with van der Waals surface area (Å²) in [7, 11) is 1.25. The van der Waals surface area contributed by atoms with E-state index in [4.69, 9.17) is 14.2 Å². The summed E-state index contributed by atoms with van der Waals surface area (Å²) in [6.45, 7) is 3.45. The van der Waals surface area contributed by atoms with E-state index in [9.17, 15) is 24.8 Å². The van der Waals surface area contributed by atoms with E-state index in [0.29, 0.717) is 29.4 Å². The molecule has 13 heteroatoms. The Bertz CT molecular complexity index is 1230. The number of nitrogens with zero attached hydrogens (tertiary/aromatic N) is 2. The molecule has 0 aliphatic carbocycles. The first-order valence-electron chi connectivity index (χ1n) is 11.2. The molecule has 2 amide bonds. The second kappa shape index (κ2) is 12.4. The van der Waals surface area contributed by atoms with Crippen LogP contribution in [-0.4, -0.2) is 54.8 Å². The second-order valence-electron chi connectivity index (χ2n) is 7.73. The van der Waals surface area contributed by atoms with E-state index in [-0.39, 0.29) is 23.4 Å². The summed E-state index contributed by atoms with van der Waals surface area (Å²) in [5.74, 6) is 0.0313. The molecular weight excluding hydrogens is 486 g/mol. The zero-order valence-corrected chi connectivity index (χ0v) is 20.4. The zero-order chi connectivity index (χ0) is 26.9. The van der Waals surface area contributed by atoms with Crippen molar-refractivity contribution in [2.24, 2.45) is 5.10 Å². The van der Waals surface area contributed by atoms with Gasteiger partial charge in [0.2, 0.25) is 0 Å². The van der Waals surface area contributed by atoms with Crippen molar-refractivity contribution in [3.8, 4) is 11.5 Å². The normalized spacial score (nSPS) is 16.0. The Morgan fingerprint density at radius 1 is 1.27 bits per heavy atom. The molecule has 1 aliphatic rings. The lowest BCUT2D eigenvalue weighted by molar-refractivity contribution is -0.385. The van der Waals surface area contributed by atoms with E-state index < -0.39 is 29.2 Å². The third-order valence-corrected chi connectivity index (χ3v) is 5.23. The maximum Gasteiger partial charge on any atom is 0.337 e. The summed E-state index contributed by atoms with van der Waals surface area (Å²) >= 11 is 0. The van der Waals surface area contributed by atoms with Gasteiger partial charge >= 0.3 is 12.0 Å². The monoisotopic (exact) mass is 513 g/mol. The van der Waals surface area contributed by atoms with Crippen LogP contribution in [0.4, 0.5) is 10.5 Å². The number of allylic oxidation sites excluding steroid dienone is 1. The molecule has 3 rings (SSSR count). The van der Waals surface area contributed by atoms with Gasteiger partial charge in [-0.1, -0.05) is 18.2 Å². The van der Waals surface area contributed by atoms with Crippen molar-refractivity contribution >= 4 is 23.9 Å². The van der Waals surface area contributed by atoms with Gasteiger partial charge in [-0.2, -0.15) is 5.10 Å². The molecule has 0 saturated heterocycles. The number of hydrogen-bond donors (Lipinski definition) is 4. The summed E-state index contributed by atoms with van der Waals surface area (Å²) in [5.41, 5.74) is 3.76. The molecule has 2 aromatic carbocycles. The minimum atomic E-state index is -1.24. The fourth-order valence-electron chi connectivity index (χ4n) is 3.58. The van der Waals surface area contributed by atoms with Gasteiger partial charge in [-0.15, -0.1) is 0 Å². The molecule has 1 aliphatic heterocycles. The largest absolute Gasteiger partial charge is 0.490 e. The lowest BCUT2D eigenvalue weighted by Crippen LogP contribution is -2.45. The summed E-state index contributed by atoms with van der Waals surface area (Å²) in [5, 5.41) is 30.4. The molecule has 0 unspecified atom stereocenters. The number of methoxy groups -OCH3 is 1. The number of para-hydroxylation sites is 1. The first-order valence-corrected chi connectivity index (χ1v) is 11.2. The number of esters is 1. The van der Waals surface area contributed by atoms with Crippen molar-refractivity contribution in [2.45, 2.75) is 26.1 Å². The number of nitrogens with one attached hydrogen (secondary N) is 3. The van der Waals surface area contributed by atoms with E-state index in [1.807, 2.05) is 0 Å². The quantitative estimate of drug-likeness (QED) is 0.115. The van der Waals surface area contributed by atoms with Gasteiger partial charge in [0, 0.05) is 11.8 Å². The third-order valence-electron chi connectivity index (χ3n) is 5.23. The Morgan fingerprint density at radius 3 is 2.73 bits per heavy atom. The van der Waals surface area contributed by atoms with Crippen LogP contribution in [0.25, 0.3) is 0 Å². The van der Waals surface area contributed by atoms with Crippen molar-refractivity contribution in [2.75, 3.05) is 20.3 Å². The molecule has 2 atom stereocenters. The van der Waals surface area contributed by atoms with Crippen molar-refractivity contribution in [1.82, 2.24) is 16.1 Å². The van der Waals surface area contributed by atoms with Crippen LogP contribution in [0.1, 0.15) is 31.0 Å². The standard InChI is InChI=1S/C24H27N5O8/c1-4-36-19-11-15(22-21(23(31)35-3)14(2)26-24(32)27-22)9-10-18(19)37-13-20(30)28-25-12-16-7-5-6-8-17(16)29(33)34/h5-12,20,22,28,30H,4,13H2,1-3H3,(H2,26,27,32)/b25-12-/t20-,22+/m0/s1. The average Bonchev–Trinajstić information content (AvgIpc) is 2.87. The van der Waals surface area contributed by atoms with Crippen molar-refractivity contribution in [3.63, 3.8) is 0 Å². The van der Waals surface area contributed by atoms with Crippen molar-refractivity contribution < 1.29 is 33.8 Å². The first-order chi connectivity index (χ1) is 17.7. The summed E-state index contributed by atoms with van der Waals surface area (Å²) in [6, 6.07) is 9.65. The number of nitro groups is 1. The number of nitro benzene ring substituents is 1.